The molecule has 2 aliphatic heterocycles. The highest BCUT2D eigenvalue weighted by molar-refractivity contribution is 5.57. The number of aromatic nitrogens is 2. The zero-order valence-electron chi connectivity index (χ0n) is 20.5. The number of aliphatic hydroxyl groups excluding tert-OH is 1. The molecule has 0 atom stereocenters. The molecule has 2 aromatic rings. The average Bonchev–Trinajstić information content (AvgIpc) is 2.88. The van der Waals surface area contributed by atoms with Crippen molar-refractivity contribution in [2.45, 2.75) is 69.4 Å². The minimum Gasteiger partial charge on any atom is -0.393 e. The summed E-state index contributed by atoms with van der Waals surface area (Å²) in [5.74, 6) is 2.33. The van der Waals surface area contributed by atoms with Crippen LogP contribution in [0.4, 0.5) is 21.8 Å². The van der Waals surface area contributed by atoms with Crippen molar-refractivity contribution < 1.29 is 14.2 Å². The summed E-state index contributed by atoms with van der Waals surface area (Å²) >= 11 is 0. The largest absolute Gasteiger partial charge is 0.393 e. The molecule has 3 fully saturated rings. The Bertz CT molecular complexity index is 937. The Morgan fingerprint density at radius 1 is 0.971 bits per heavy atom. The number of rotatable bonds is 7. The van der Waals surface area contributed by atoms with Crippen LogP contribution >= 0.6 is 0 Å². The molecule has 3 N–H and O–H groups in total. The predicted octanol–water partition coefficient (Wildman–Crippen LogP) is 4.68. The summed E-state index contributed by atoms with van der Waals surface area (Å²) in [5.41, 5.74) is 1.94. The van der Waals surface area contributed by atoms with Crippen LogP contribution in [0.3, 0.4) is 0 Å². The molecular weight excluding hydrogens is 445 g/mol. The van der Waals surface area contributed by atoms with Crippen molar-refractivity contribution in [2.24, 2.45) is 5.92 Å². The fourth-order valence-electron chi connectivity index (χ4n) is 5.66. The van der Waals surface area contributed by atoms with E-state index in [4.69, 9.17) is 9.72 Å². The summed E-state index contributed by atoms with van der Waals surface area (Å²) in [6.07, 6.45) is 9.88. The molecule has 0 spiro atoms. The Kier molecular flexibility index (Phi) is 8.11. The van der Waals surface area contributed by atoms with E-state index >= 15 is 0 Å². The van der Waals surface area contributed by atoms with E-state index in [0.29, 0.717) is 17.9 Å². The lowest BCUT2D eigenvalue weighted by Gasteiger charge is -2.36. The molecule has 1 aromatic heterocycles. The summed E-state index contributed by atoms with van der Waals surface area (Å²) in [4.78, 5) is 12.1. The molecule has 35 heavy (non-hydrogen) atoms. The molecule has 3 heterocycles. The molecule has 0 radical (unpaired) electrons. The minimum absolute atomic E-state index is 0.186. The Hall–Kier alpha value is -2.29. The highest BCUT2D eigenvalue weighted by Gasteiger charge is 2.27. The third-order valence-corrected chi connectivity index (χ3v) is 7.84. The van der Waals surface area contributed by atoms with Gasteiger partial charge < -0.3 is 25.4 Å². The fourth-order valence-corrected chi connectivity index (χ4v) is 5.66. The average molecular weight is 484 g/mol. The predicted molar refractivity (Wildman–Crippen MR) is 136 cm³/mol. The van der Waals surface area contributed by atoms with Gasteiger partial charge in [-0.05, 0) is 101 Å². The van der Waals surface area contributed by atoms with Crippen LogP contribution in [0.25, 0.3) is 0 Å². The number of likely N-dealkylation sites (tertiary alicyclic amines) is 1. The smallest absolute Gasteiger partial charge is 0.229 e. The van der Waals surface area contributed by atoms with Crippen molar-refractivity contribution in [3.05, 3.63) is 41.8 Å². The first-order chi connectivity index (χ1) is 17.1. The van der Waals surface area contributed by atoms with Gasteiger partial charge in [-0.25, -0.2) is 9.37 Å². The van der Waals surface area contributed by atoms with Crippen molar-refractivity contribution in [2.75, 3.05) is 43.5 Å². The van der Waals surface area contributed by atoms with Crippen LogP contribution in [0, 0.1) is 11.7 Å². The number of piperidine rings is 1. The van der Waals surface area contributed by atoms with E-state index in [1.807, 2.05) is 6.20 Å². The maximum absolute atomic E-state index is 13.3. The van der Waals surface area contributed by atoms with Crippen molar-refractivity contribution in [1.29, 1.82) is 0 Å². The van der Waals surface area contributed by atoms with Crippen LogP contribution in [0.15, 0.2) is 30.5 Å². The summed E-state index contributed by atoms with van der Waals surface area (Å²) < 4.78 is 18.8. The molecule has 2 saturated heterocycles. The van der Waals surface area contributed by atoms with Crippen molar-refractivity contribution in [3.8, 4) is 0 Å². The van der Waals surface area contributed by atoms with Crippen molar-refractivity contribution >= 4 is 17.5 Å². The number of hydrogen-bond acceptors (Lipinski definition) is 7. The highest BCUT2D eigenvalue weighted by Crippen LogP contribution is 2.34. The summed E-state index contributed by atoms with van der Waals surface area (Å²) in [6, 6.07) is 6.54. The minimum atomic E-state index is -0.267. The molecule has 0 amide bonds. The molecule has 0 unspecified atom stereocenters. The summed E-state index contributed by atoms with van der Waals surface area (Å²) in [7, 11) is 0. The van der Waals surface area contributed by atoms with Gasteiger partial charge in [-0.15, -0.1) is 0 Å². The van der Waals surface area contributed by atoms with Crippen LogP contribution in [-0.2, 0) is 4.74 Å². The van der Waals surface area contributed by atoms with Gasteiger partial charge >= 0.3 is 0 Å². The molecule has 1 aromatic carbocycles. The molecule has 5 rings (SSSR count). The van der Waals surface area contributed by atoms with Crippen molar-refractivity contribution in [1.82, 2.24) is 14.9 Å². The topological polar surface area (TPSA) is 82.5 Å². The Labute approximate surface area is 207 Å². The first kappa shape index (κ1) is 24.4. The van der Waals surface area contributed by atoms with Gasteiger partial charge in [0.2, 0.25) is 5.95 Å². The number of halogens is 1. The van der Waals surface area contributed by atoms with Gasteiger partial charge in [0, 0.05) is 43.2 Å². The monoisotopic (exact) mass is 483 g/mol. The highest BCUT2D eigenvalue weighted by atomic mass is 19.1. The van der Waals surface area contributed by atoms with Gasteiger partial charge in [0.25, 0.3) is 0 Å². The SMILES string of the molecule is OC1CCC(Nc2nc(Nc3ccc(F)cc3)ncc2C2CCN(CC3CCOCC3)CC2)CC1. The second-order valence-electron chi connectivity index (χ2n) is 10.4. The Balaban J connectivity index is 1.27. The third kappa shape index (κ3) is 6.68. The van der Waals surface area contributed by atoms with Gasteiger partial charge in [-0.2, -0.15) is 4.98 Å². The number of aliphatic hydroxyl groups is 1. The lowest BCUT2D eigenvalue weighted by Crippen LogP contribution is -2.38. The number of benzene rings is 1. The van der Waals surface area contributed by atoms with E-state index in [0.717, 1.165) is 82.3 Å². The van der Waals surface area contributed by atoms with E-state index in [1.165, 1.54) is 37.1 Å². The van der Waals surface area contributed by atoms with E-state index < -0.39 is 0 Å². The number of ether oxygens (including phenoxy) is 1. The van der Waals surface area contributed by atoms with Crippen LogP contribution < -0.4 is 10.6 Å². The number of hydrogen-bond donors (Lipinski definition) is 3. The molecule has 8 heteroatoms. The van der Waals surface area contributed by atoms with Gasteiger partial charge in [-0.3, -0.25) is 0 Å². The zero-order chi connectivity index (χ0) is 24.0. The molecule has 1 aliphatic carbocycles. The first-order valence-electron chi connectivity index (χ1n) is 13.3. The Morgan fingerprint density at radius 2 is 1.69 bits per heavy atom. The number of nitrogens with one attached hydrogen (secondary N) is 2. The van der Waals surface area contributed by atoms with Crippen LogP contribution in [0.1, 0.15) is 62.8 Å². The van der Waals surface area contributed by atoms with E-state index in [1.54, 1.807) is 12.1 Å². The fraction of sp³-hybridized carbons (Fsp3) is 0.630. The maximum atomic E-state index is 13.3. The van der Waals surface area contributed by atoms with Crippen LogP contribution in [0.5, 0.6) is 0 Å². The molecule has 3 aliphatic rings. The zero-order valence-corrected chi connectivity index (χ0v) is 20.5. The lowest BCUT2D eigenvalue weighted by atomic mass is 9.88. The van der Waals surface area contributed by atoms with Gasteiger partial charge in [0.1, 0.15) is 11.6 Å². The standard InChI is InChI=1S/C27H38FN5O2/c28-21-1-3-23(4-2-21)31-27-29-17-25(26(32-27)30-22-5-7-24(34)8-6-22)20-9-13-33(14-10-20)18-19-11-15-35-16-12-19/h1-4,17,19-20,22,24,34H,5-16,18H2,(H2,29,30,31,32). The maximum Gasteiger partial charge on any atom is 0.229 e. The first-order valence-corrected chi connectivity index (χ1v) is 13.3. The molecular formula is C27H38FN5O2. The lowest BCUT2D eigenvalue weighted by molar-refractivity contribution is 0.0488. The van der Waals surface area contributed by atoms with Gasteiger partial charge in [0.15, 0.2) is 0 Å². The van der Waals surface area contributed by atoms with Crippen molar-refractivity contribution in [3.63, 3.8) is 0 Å². The second kappa shape index (κ2) is 11.6. The van der Waals surface area contributed by atoms with E-state index in [-0.39, 0.29) is 11.9 Å². The second-order valence-corrected chi connectivity index (χ2v) is 10.4. The quantitative estimate of drug-likeness (QED) is 0.527. The van der Waals surface area contributed by atoms with Gasteiger partial charge in [0.05, 0.1) is 6.10 Å². The van der Waals surface area contributed by atoms with E-state index in [9.17, 15) is 9.50 Å². The molecule has 0 bridgehead atoms. The van der Waals surface area contributed by atoms with Crippen LogP contribution in [-0.4, -0.2) is 65.0 Å². The summed E-state index contributed by atoms with van der Waals surface area (Å²) in [6.45, 7) is 5.20. The Morgan fingerprint density at radius 3 is 2.40 bits per heavy atom. The number of nitrogens with zero attached hydrogens (tertiary/aromatic N) is 3. The molecule has 190 valence electrons. The van der Waals surface area contributed by atoms with Crippen LogP contribution in [0.2, 0.25) is 0 Å². The van der Waals surface area contributed by atoms with Gasteiger partial charge in [-0.1, -0.05) is 0 Å². The third-order valence-electron chi connectivity index (χ3n) is 7.84. The van der Waals surface area contributed by atoms with E-state index in [2.05, 4.69) is 20.5 Å². The molecule has 7 nitrogen and oxygen atoms in total. The number of anilines is 3. The molecule has 1 saturated carbocycles. The normalized spacial score (nSPS) is 24.9. The summed E-state index contributed by atoms with van der Waals surface area (Å²) in [5, 5.41) is 16.8.